The van der Waals surface area contributed by atoms with Crippen LogP contribution in [0.2, 0.25) is 0 Å². The Labute approximate surface area is 113 Å². The fraction of sp³-hybridized carbons (Fsp3) is 0.500. The molecule has 2 heteroatoms. The minimum atomic E-state index is 0.333. The summed E-state index contributed by atoms with van der Waals surface area (Å²) in [4.78, 5) is 1.55. The van der Waals surface area contributed by atoms with Crippen LogP contribution in [0.5, 0.6) is 0 Å². The molecule has 2 aromatic rings. The Morgan fingerprint density at radius 2 is 1.94 bits per heavy atom. The average molecular weight is 259 g/mol. The second-order valence-electron chi connectivity index (χ2n) is 6.18. The van der Waals surface area contributed by atoms with Gasteiger partial charge in [0.15, 0.2) is 0 Å². The molecule has 96 valence electrons. The van der Waals surface area contributed by atoms with Gasteiger partial charge < -0.3 is 5.32 Å². The fourth-order valence-electron chi connectivity index (χ4n) is 3.49. The first kappa shape index (κ1) is 12.2. The van der Waals surface area contributed by atoms with Crippen LogP contribution in [0.3, 0.4) is 0 Å². The van der Waals surface area contributed by atoms with Gasteiger partial charge in [0.2, 0.25) is 0 Å². The zero-order chi connectivity index (χ0) is 13.0. The molecular formula is C16H21NS. The lowest BCUT2D eigenvalue weighted by atomic mass is 9.96. The van der Waals surface area contributed by atoms with Gasteiger partial charge >= 0.3 is 0 Å². The van der Waals surface area contributed by atoms with Crippen molar-refractivity contribution in [3.63, 3.8) is 0 Å². The van der Waals surface area contributed by atoms with E-state index in [1.807, 2.05) is 11.3 Å². The third-order valence-electron chi connectivity index (χ3n) is 5.17. The molecule has 0 amide bonds. The van der Waals surface area contributed by atoms with Crippen molar-refractivity contribution < 1.29 is 0 Å². The molecule has 18 heavy (non-hydrogen) atoms. The third-order valence-corrected chi connectivity index (χ3v) is 6.52. The Morgan fingerprint density at radius 1 is 1.22 bits per heavy atom. The van der Waals surface area contributed by atoms with E-state index in [1.54, 1.807) is 4.88 Å². The summed E-state index contributed by atoms with van der Waals surface area (Å²) in [5, 5.41) is 4.74. The fourth-order valence-corrected chi connectivity index (χ4v) is 4.92. The lowest BCUT2D eigenvalue weighted by Crippen LogP contribution is -2.14. The maximum Gasteiger partial charge on any atom is 0.0345 e. The smallest absolute Gasteiger partial charge is 0.0345 e. The van der Waals surface area contributed by atoms with E-state index in [2.05, 4.69) is 63.5 Å². The van der Waals surface area contributed by atoms with Crippen LogP contribution in [-0.2, 0) is 5.41 Å². The molecule has 1 nitrogen and oxygen atoms in total. The van der Waals surface area contributed by atoms with Crippen molar-refractivity contribution in [1.82, 2.24) is 5.32 Å². The first-order chi connectivity index (χ1) is 8.51. The summed E-state index contributed by atoms with van der Waals surface area (Å²) in [5.41, 5.74) is 0.733. The standard InChI is InChI=1S/C16H21NS/c1-15(2)13(10-17-4)16(15,3)14-9-11-7-5-6-8-12(11)18-14/h5-9,13,17H,10H2,1-4H3. The Morgan fingerprint density at radius 3 is 2.61 bits per heavy atom. The molecule has 1 aliphatic rings. The minimum absolute atomic E-state index is 0.333. The molecule has 1 aromatic heterocycles. The minimum Gasteiger partial charge on any atom is -0.319 e. The molecule has 0 aliphatic heterocycles. The number of thiophene rings is 1. The Bertz CT molecular complexity index is 551. The van der Waals surface area contributed by atoms with Crippen LogP contribution in [0.25, 0.3) is 10.1 Å². The number of hydrogen-bond acceptors (Lipinski definition) is 2. The van der Waals surface area contributed by atoms with Crippen LogP contribution in [0.1, 0.15) is 25.6 Å². The molecule has 1 aromatic carbocycles. The number of rotatable bonds is 3. The predicted molar refractivity (Wildman–Crippen MR) is 80.4 cm³/mol. The highest BCUT2D eigenvalue weighted by molar-refractivity contribution is 7.19. The third kappa shape index (κ3) is 1.42. The summed E-state index contributed by atoms with van der Waals surface area (Å²) in [6, 6.07) is 11.1. The van der Waals surface area contributed by atoms with Crippen molar-refractivity contribution in [1.29, 1.82) is 0 Å². The van der Waals surface area contributed by atoms with Crippen molar-refractivity contribution >= 4 is 21.4 Å². The molecule has 1 aliphatic carbocycles. The maximum atomic E-state index is 3.35. The van der Waals surface area contributed by atoms with E-state index in [9.17, 15) is 0 Å². The SMILES string of the molecule is CNCC1C(C)(C)C1(C)c1cc2ccccc2s1. The molecule has 3 rings (SSSR count). The van der Waals surface area contributed by atoms with E-state index >= 15 is 0 Å². The van der Waals surface area contributed by atoms with Gasteiger partial charge in [-0.15, -0.1) is 11.3 Å². The van der Waals surface area contributed by atoms with Crippen LogP contribution >= 0.6 is 11.3 Å². The molecular weight excluding hydrogens is 238 g/mol. The molecule has 0 radical (unpaired) electrons. The summed E-state index contributed by atoms with van der Waals surface area (Å²) in [5.74, 6) is 0.739. The lowest BCUT2D eigenvalue weighted by molar-refractivity contribution is 0.516. The molecule has 2 unspecified atom stereocenters. The molecule has 1 saturated carbocycles. The van der Waals surface area contributed by atoms with Crippen molar-refractivity contribution in [3.05, 3.63) is 35.2 Å². The molecule has 1 fully saturated rings. The van der Waals surface area contributed by atoms with Gasteiger partial charge in [-0.2, -0.15) is 0 Å². The average Bonchev–Trinajstić information content (AvgIpc) is 2.71. The van der Waals surface area contributed by atoms with Crippen LogP contribution in [0.15, 0.2) is 30.3 Å². The molecule has 0 bridgehead atoms. The second kappa shape index (κ2) is 3.82. The van der Waals surface area contributed by atoms with Crippen molar-refractivity contribution in [2.24, 2.45) is 11.3 Å². The van der Waals surface area contributed by atoms with Gasteiger partial charge in [0, 0.05) is 15.0 Å². The normalized spacial score (nSPS) is 29.7. The van der Waals surface area contributed by atoms with Crippen molar-refractivity contribution in [3.8, 4) is 0 Å². The highest BCUT2D eigenvalue weighted by Crippen LogP contribution is 2.70. The quantitative estimate of drug-likeness (QED) is 0.877. The predicted octanol–water partition coefficient (Wildman–Crippen LogP) is 4.03. The Kier molecular flexibility index (Phi) is 2.58. The highest BCUT2D eigenvalue weighted by Gasteiger charge is 2.68. The maximum absolute atomic E-state index is 3.35. The van der Waals surface area contributed by atoms with Gasteiger partial charge in [0.25, 0.3) is 0 Å². The molecule has 0 spiro atoms. The van der Waals surface area contributed by atoms with Gasteiger partial charge in [-0.3, -0.25) is 0 Å². The van der Waals surface area contributed by atoms with Crippen LogP contribution in [0.4, 0.5) is 0 Å². The summed E-state index contributed by atoms with van der Waals surface area (Å²) < 4.78 is 1.42. The monoisotopic (exact) mass is 259 g/mol. The van der Waals surface area contributed by atoms with E-state index in [4.69, 9.17) is 0 Å². The summed E-state index contributed by atoms with van der Waals surface area (Å²) in [6.45, 7) is 8.34. The van der Waals surface area contributed by atoms with Crippen molar-refractivity contribution in [2.75, 3.05) is 13.6 Å². The number of benzene rings is 1. The van der Waals surface area contributed by atoms with E-state index in [0.717, 1.165) is 12.5 Å². The van der Waals surface area contributed by atoms with E-state index < -0.39 is 0 Å². The summed E-state index contributed by atoms with van der Waals surface area (Å²) in [6.07, 6.45) is 0. The largest absolute Gasteiger partial charge is 0.319 e. The van der Waals surface area contributed by atoms with Gasteiger partial charge in [-0.1, -0.05) is 39.0 Å². The topological polar surface area (TPSA) is 12.0 Å². The molecule has 2 atom stereocenters. The summed E-state index contributed by atoms with van der Waals surface area (Å²) in [7, 11) is 2.06. The molecule has 0 saturated heterocycles. The zero-order valence-corrected chi connectivity index (χ0v) is 12.4. The van der Waals surface area contributed by atoms with E-state index in [-0.39, 0.29) is 0 Å². The van der Waals surface area contributed by atoms with E-state index in [0.29, 0.717) is 10.8 Å². The van der Waals surface area contributed by atoms with Crippen LogP contribution < -0.4 is 5.32 Å². The van der Waals surface area contributed by atoms with Gasteiger partial charge in [-0.05, 0) is 42.4 Å². The van der Waals surface area contributed by atoms with Crippen molar-refractivity contribution in [2.45, 2.75) is 26.2 Å². The highest BCUT2D eigenvalue weighted by atomic mass is 32.1. The number of hydrogen-bond donors (Lipinski definition) is 1. The van der Waals surface area contributed by atoms with Gasteiger partial charge in [0.05, 0.1) is 0 Å². The number of fused-ring (bicyclic) bond motifs is 1. The first-order valence-electron chi connectivity index (χ1n) is 6.65. The van der Waals surface area contributed by atoms with Gasteiger partial charge in [-0.25, -0.2) is 0 Å². The Hall–Kier alpha value is -0.860. The summed E-state index contributed by atoms with van der Waals surface area (Å²) >= 11 is 1.97. The zero-order valence-electron chi connectivity index (χ0n) is 11.6. The molecule has 1 N–H and O–H groups in total. The Balaban J connectivity index is 2.04. The second-order valence-corrected chi connectivity index (χ2v) is 7.27. The van der Waals surface area contributed by atoms with Crippen LogP contribution in [0, 0.1) is 11.3 Å². The van der Waals surface area contributed by atoms with Crippen LogP contribution in [-0.4, -0.2) is 13.6 Å². The number of nitrogens with one attached hydrogen (secondary N) is 1. The first-order valence-corrected chi connectivity index (χ1v) is 7.47. The van der Waals surface area contributed by atoms with E-state index in [1.165, 1.54) is 10.1 Å². The lowest BCUT2D eigenvalue weighted by Gasteiger charge is -2.11. The van der Waals surface area contributed by atoms with Gasteiger partial charge in [0.1, 0.15) is 0 Å². The molecule has 1 heterocycles.